The third kappa shape index (κ3) is 4.79. The molecule has 5 heteroatoms. The molecule has 0 unspecified atom stereocenters. The van der Waals surface area contributed by atoms with Crippen molar-refractivity contribution in [3.05, 3.63) is 11.6 Å². The Labute approximate surface area is 144 Å². The predicted molar refractivity (Wildman–Crippen MR) is 101 cm³/mol. The van der Waals surface area contributed by atoms with Crippen molar-refractivity contribution < 1.29 is 9.16 Å². The molecule has 2 aliphatic rings. The van der Waals surface area contributed by atoms with Gasteiger partial charge in [0.2, 0.25) is 0 Å². The Balaban J connectivity index is 2.36. The molecule has 3 atom stereocenters. The van der Waals surface area contributed by atoms with Crippen LogP contribution in [-0.4, -0.2) is 34.7 Å². The Morgan fingerprint density at radius 3 is 2.57 bits per heavy atom. The van der Waals surface area contributed by atoms with Gasteiger partial charge in [0.1, 0.15) is 0 Å². The van der Waals surface area contributed by atoms with Crippen molar-refractivity contribution in [3.63, 3.8) is 0 Å². The van der Waals surface area contributed by atoms with Crippen LogP contribution >= 0.6 is 0 Å². The molecule has 0 bridgehead atoms. The lowest BCUT2D eigenvalue weighted by Crippen LogP contribution is -2.56. The second-order valence-corrected chi connectivity index (χ2v) is 19.2. The summed E-state index contributed by atoms with van der Waals surface area (Å²) >= 11 is 0. The molecule has 23 heavy (non-hydrogen) atoms. The van der Waals surface area contributed by atoms with Crippen molar-refractivity contribution in [2.24, 2.45) is 5.92 Å². The Morgan fingerprint density at radius 2 is 2.00 bits per heavy atom. The minimum atomic E-state index is -1.80. The summed E-state index contributed by atoms with van der Waals surface area (Å²) in [5.74, 6) is 0.137. The van der Waals surface area contributed by atoms with E-state index in [9.17, 15) is 5.26 Å². The Hall–Kier alpha value is -0.416. The van der Waals surface area contributed by atoms with Crippen molar-refractivity contribution in [1.29, 1.82) is 5.26 Å². The van der Waals surface area contributed by atoms with E-state index in [0.29, 0.717) is 0 Å². The minimum Gasteiger partial charge on any atom is -0.399 e. The molecule has 0 N–H and O–H groups in total. The highest BCUT2D eigenvalue weighted by Crippen LogP contribution is 2.46. The van der Waals surface area contributed by atoms with E-state index in [0.717, 1.165) is 32.3 Å². The molecule has 0 aromatic rings. The molecule has 2 fully saturated rings. The molecule has 2 rings (SSSR count). The van der Waals surface area contributed by atoms with Crippen molar-refractivity contribution in [3.8, 4) is 6.07 Å². The van der Waals surface area contributed by atoms with Crippen molar-refractivity contribution in [2.75, 3.05) is 6.61 Å². The van der Waals surface area contributed by atoms with Gasteiger partial charge in [-0.05, 0) is 51.4 Å². The summed E-state index contributed by atoms with van der Waals surface area (Å²) in [6, 6.07) is 3.78. The minimum absolute atomic E-state index is 0.137. The van der Waals surface area contributed by atoms with Crippen LogP contribution in [0.1, 0.15) is 25.7 Å². The number of nitriles is 1. The lowest BCUT2D eigenvalue weighted by molar-refractivity contribution is -0.0928. The fraction of sp³-hybridized carbons (Fsp3) is 0.833. The Kier molecular flexibility index (Phi) is 5.62. The van der Waals surface area contributed by atoms with Crippen LogP contribution in [0.15, 0.2) is 11.6 Å². The van der Waals surface area contributed by atoms with Crippen molar-refractivity contribution in [2.45, 2.75) is 82.7 Å². The summed E-state index contributed by atoms with van der Waals surface area (Å²) in [5, 5.41) is 10.1. The van der Waals surface area contributed by atoms with Gasteiger partial charge >= 0.3 is 0 Å². The van der Waals surface area contributed by atoms with E-state index in [1.165, 1.54) is 11.6 Å². The van der Waals surface area contributed by atoms with Gasteiger partial charge in [-0.2, -0.15) is 5.26 Å². The summed E-state index contributed by atoms with van der Waals surface area (Å²) in [7, 11) is -2.93. The predicted octanol–water partition coefficient (Wildman–Crippen LogP) is 4.95. The smallest absolute Gasteiger partial charge is 0.185 e. The topological polar surface area (TPSA) is 42.2 Å². The van der Waals surface area contributed by atoms with Crippen LogP contribution < -0.4 is 0 Å². The third-order valence-electron chi connectivity index (χ3n) is 4.69. The largest absolute Gasteiger partial charge is 0.399 e. The molecule has 0 aromatic carbocycles. The van der Waals surface area contributed by atoms with Crippen LogP contribution in [0.3, 0.4) is 0 Å². The van der Waals surface area contributed by atoms with Crippen LogP contribution in [0, 0.1) is 17.2 Å². The van der Waals surface area contributed by atoms with Crippen LogP contribution in [0.4, 0.5) is 0 Å². The lowest BCUT2D eigenvalue weighted by atomic mass is 9.69. The van der Waals surface area contributed by atoms with Crippen LogP contribution in [0.2, 0.25) is 45.3 Å². The van der Waals surface area contributed by atoms with Crippen LogP contribution in [-0.2, 0) is 9.16 Å². The first kappa shape index (κ1) is 18.9. The first-order valence-electron chi connectivity index (χ1n) is 8.98. The molecular formula is C18H33NO2Si2. The van der Waals surface area contributed by atoms with Gasteiger partial charge in [0.15, 0.2) is 13.9 Å². The first-order valence-corrected chi connectivity index (χ1v) is 16.1. The monoisotopic (exact) mass is 351 g/mol. The number of ether oxygens (including phenoxy) is 1. The Bertz CT molecular complexity index is 497. The molecule has 1 aliphatic carbocycles. The molecule has 1 saturated carbocycles. The second kappa shape index (κ2) is 6.83. The number of allylic oxidation sites excluding steroid dienone is 1. The second-order valence-electron chi connectivity index (χ2n) is 9.29. The highest BCUT2D eigenvalue weighted by Gasteiger charge is 2.52. The summed E-state index contributed by atoms with van der Waals surface area (Å²) in [6.07, 6.45) is 6.51. The number of hydrogen-bond acceptors (Lipinski definition) is 3. The maximum Gasteiger partial charge on any atom is 0.185 e. The summed E-state index contributed by atoms with van der Waals surface area (Å²) < 4.78 is 12.6. The van der Waals surface area contributed by atoms with Gasteiger partial charge in [-0.25, -0.2) is 0 Å². The third-order valence-corrected chi connectivity index (χ3v) is 7.09. The number of rotatable bonds is 4. The first-order chi connectivity index (χ1) is 10.6. The summed E-state index contributed by atoms with van der Waals surface area (Å²) in [6.45, 7) is 14.6. The standard InChI is InChI=1S/C18H33NO2Si2/c1-22(2,3)13-10-15-9-12-20-16-8-7-11-18(14-19,17(15)16)21-23(4,5)6/h10,16-17H,7-9,11-13H2,1-6H3/b15-10-/t16-,17-,18-/m1/s1. The molecule has 1 saturated heterocycles. The van der Waals surface area contributed by atoms with Crippen molar-refractivity contribution in [1.82, 2.24) is 0 Å². The average molecular weight is 352 g/mol. The molecule has 0 spiro atoms. The maximum atomic E-state index is 10.1. The number of fused-ring (bicyclic) bond motifs is 1. The molecule has 0 radical (unpaired) electrons. The molecule has 130 valence electrons. The molecular weight excluding hydrogens is 318 g/mol. The lowest BCUT2D eigenvalue weighted by Gasteiger charge is -2.49. The van der Waals surface area contributed by atoms with E-state index in [1.807, 2.05) is 0 Å². The zero-order valence-corrected chi connectivity index (χ0v) is 17.7. The highest BCUT2D eigenvalue weighted by molar-refractivity contribution is 6.76. The van der Waals surface area contributed by atoms with Gasteiger partial charge in [0.25, 0.3) is 0 Å². The zero-order valence-electron chi connectivity index (χ0n) is 15.7. The molecule has 1 heterocycles. The molecule has 1 aliphatic heterocycles. The van der Waals surface area contributed by atoms with Gasteiger partial charge in [0, 0.05) is 14.0 Å². The maximum absolute atomic E-state index is 10.1. The normalized spacial score (nSPS) is 34.0. The van der Waals surface area contributed by atoms with Gasteiger partial charge in [-0.15, -0.1) is 0 Å². The highest BCUT2D eigenvalue weighted by atomic mass is 28.4. The number of hydrogen-bond donors (Lipinski definition) is 0. The SMILES string of the molecule is C[Si](C)(C)C/C=C1/CCO[C@@H]2CCC[C@](C#N)(O[Si](C)(C)C)[C@H]12. The summed E-state index contributed by atoms with van der Waals surface area (Å²) in [5.41, 5.74) is 0.766. The van der Waals surface area contributed by atoms with Gasteiger partial charge in [-0.3, -0.25) is 0 Å². The van der Waals surface area contributed by atoms with Crippen LogP contribution in [0.25, 0.3) is 0 Å². The van der Waals surface area contributed by atoms with Gasteiger partial charge < -0.3 is 9.16 Å². The van der Waals surface area contributed by atoms with E-state index in [4.69, 9.17) is 9.16 Å². The number of nitrogens with zero attached hydrogens (tertiary/aromatic N) is 1. The summed E-state index contributed by atoms with van der Waals surface area (Å²) in [4.78, 5) is 0. The van der Waals surface area contributed by atoms with Crippen LogP contribution in [0.5, 0.6) is 0 Å². The molecule has 0 amide bonds. The van der Waals surface area contributed by atoms with Gasteiger partial charge in [0.05, 0.1) is 18.8 Å². The van der Waals surface area contributed by atoms with E-state index in [-0.39, 0.29) is 12.0 Å². The van der Waals surface area contributed by atoms with E-state index < -0.39 is 22.0 Å². The molecule has 3 nitrogen and oxygen atoms in total. The molecule has 0 aromatic heterocycles. The van der Waals surface area contributed by atoms with E-state index >= 15 is 0 Å². The van der Waals surface area contributed by atoms with E-state index in [1.54, 1.807) is 0 Å². The van der Waals surface area contributed by atoms with Gasteiger partial charge in [-0.1, -0.05) is 31.3 Å². The Morgan fingerprint density at radius 1 is 1.30 bits per heavy atom. The zero-order chi connectivity index (χ0) is 17.3. The fourth-order valence-electron chi connectivity index (χ4n) is 3.87. The average Bonchev–Trinajstić information content (AvgIpc) is 2.42. The van der Waals surface area contributed by atoms with Crippen molar-refractivity contribution >= 4 is 16.4 Å². The van der Waals surface area contributed by atoms with E-state index in [2.05, 4.69) is 51.4 Å². The quantitative estimate of drug-likeness (QED) is 0.531. The fourth-order valence-corrected chi connectivity index (χ4v) is 6.11.